The molecule has 0 bridgehead atoms. The average molecular weight is 557 g/mol. The van der Waals surface area contributed by atoms with Gasteiger partial charge in [0.25, 0.3) is 0 Å². The number of rotatable bonds is 9. The lowest BCUT2D eigenvalue weighted by atomic mass is 10.0. The number of hydrogen-bond acceptors (Lipinski definition) is 8. The first kappa shape index (κ1) is 26.7. The quantitative estimate of drug-likeness (QED) is 0.195. The van der Waals surface area contributed by atoms with Crippen LogP contribution in [-0.4, -0.2) is 39.5 Å². The highest BCUT2D eigenvalue weighted by atomic mass is 35.5. The van der Waals surface area contributed by atoms with Gasteiger partial charge < -0.3 is 19.4 Å². The van der Waals surface area contributed by atoms with Crippen LogP contribution in [0.25, 0.3) is 11.1 Å². The van der Waals surface area contributed by atoms with Crippen LogP contribution in [0.5, 0.6) is 5.75 Å². The van der Waals surface area contributed by atoms with Crippen molar-refractivity contribution in [2.75, 3.05) is 18.2 Å². The molecule has 1 unspecified atom stereocenters. The number of halogens is 1. The first-order valence-corrected chi connectivity index (χ1v) is 13.5. The topological polar surface area (TPSA) is 95.3 Å². The molecule has 1 amide bonds. The van der Waals surface area contributed by atoms with E-state index in [1.54, 1.807) is 16.7 Å². The lowest BCUT2D eigenvalue weighted by molar-refractivity contribution is -0.113. The van der Waals surface area contributed by atoms with E-state index in [2.05, 4.69) is 15.5 Å². The van der Waals surface area contributed by atoms with Crippen molar-refractivity contribution in [3.8, 4) is 16.9 Å². The molecule has 11 heteroatoms. The molecule has 0 aliphatic rings. The summed E-state index contributed by atoms with van der Waals surface area (Å²) in [5.41, 5.74) is 1.98. The molecule has 0 saturated carbocycles. The number of aromatic nitrogens is 3. The van der Waals surface area contributed by atoms with Crippen molar-refractivity contribution in [2.24, 2.45) is 7.05 Å². The highest BCUT2D eigenvalue weighted by molar-refractivity contribution is 7.99. The van der Waals surface area contributed by atoms with Gasteiger partial charge in [-0.3, -0.25) is 4.79 Å². The number of hydrogen-bond donors (Lipinski definition) is 1. The fraction of sp³-hybridized carbons (Fsp3) is 0.231. The fourth-order valence-corrected chi connectivity index (χ4v) is 5.74. The summed E-state index contributed by atoms with van der Waals surface area (Å²) in [7, 11) is 3.14. The molecule has 0 saturated heterocycles. The molecule has 37 heavy (non-hydrogen) atoms. The summed E-state index contributed by atoms with van der Waals surface area (Å²) >= 11 is 8.77. The number of aryl methyl sites for hydroxylation is 1. The fourth-order valence-electron chi connectivity index (χ4n) is 3.76. The summed E-state index contributed by atoms with van der Waals surface area (Å²) in [6.07, 6.45) is -0.409. The van der Waals surface area contributed by atoms with Crippen LogP contribution in [0.2, 0.25) is 5.02 Å². The van der Waals surface area contributed by atoms with Gasteiger partial charge >= 0.3 is 5.97 Å². The zero-order valence-corrected chi connectivity index (χ0v) is 23.0. The van der Waals surface area contributed by atoms with Crippen LogP contribution < -0.4 is 10.1 Å². The molecule has 2 heterocycles. The number of para-hydroxylation sites is 1. The van der Waals surface area contributed by atoms with Gasteiger partial charge in [-0.2, -0.15) is 0 Å². The third-order valence-corrected chi connectivity index (χ3v) is 7.85. The van der Waals surface area contributed by atoms with Crippen molar-refractivity contribution in [1.29, 1.82) is 0 Å². The summed E-state index contributed by atoms with van der Waals surface area (Å²) in [5, 5.41) is 12.8. The maximum Gasteiger partial charge on any atom is 0.341 e. The lowest BCUT2D eigenvalue weighted by Crippen LogP contribution is -2.16. The number of esters is 1. The summed E-state index contributed by atoms with van der Waals surface area (Å²) in [6.45, 7) is 3.77. The van der Waals surface area contributed by atoms with E-state index in [-0.39, 0.29) is 11.7 Å². The monoisotopic (exact) mass is 556 g/mol. The number of benzene rings is 2. The van der Waals surface area contributed by atoms with Crippen molar-refractivity contribution in [2.45, 2.75) is 25.1 Å². The van der Waals surface area contributed by atoms with Crippen molar-refractivity contribution >= 4 is 51.6 Å². The SMILES string of the molecule is COC(=O)c1c(NC(=O)CSc2nnc(C(C)Oc3ccccc3Cl)n2C)sc(C)c1-c1ccccc1. The van der Waals surface area contributed by atoms with Crippen LogP contribution in [-0.2, 0) is 16.6 Å². The molecule has 2 aromatic carbocycles. The van der Waals surface area contributed by atoms with E-state index in [1.807, 2.05) is 63.4 Å². The van der Waals surface area contributed by atoms with Gasteiger partial charge in [0, 0.05) is 17.5 Å². The van der Waals surface area contributed by atoms with Crippen LogP contribution in [0.15, 0.2) is 59.8 Å². The molecule has 8 nitrogen and oxygen atoms in total. The number of carbonyl (C=O) groups is 2. The Morgan fingerprint density at radius 2 is 1.84 bits per heavy atom. The van der Waals surface area contributed by atoms with Gasteiger partial charge in [0.05, 0.1) is 17.9 Å². The van der Waals surface area contributed by atoms with Gasteiger partial charge in [-0.15, -0.1) is 21.5 Å². The molecule has 0 fully saturated rings. The molecule has 0 aliphatic carbocycles. The lowest BCUT2D eigenvalue weighted by Gasteiger charge is -2.15. The largest absolute Gasteiger partial charge is 0.481 e. The highest BCUT2D eigenvalue weighted by Gasteiger charge is 2.25. The molecule has 0 spiro atoms. The Balaban J connectivity index is 1.46. The predicted octanol–water partition coefficient (Wildman–Crippen LogP) is 6.16. The summed E-state index contributed by atoms with van der Waals surface area (Å²) in [6, 6.07) is 16.8. The van der Waals surface area contributed by atoms with Crippen LogP contribution in [0, 0.1) is 6.92 Å². The minimum Gasteiger partial charge on any atom is -0.481 e. The number of methoxy groups -OCH3 is 1. The molecule has 1 atom stereocenters. The van der Waals surface area contributed by atoms with Gasteiger partial charge in [-0.05, 0) is 31.5 Å². The molecule has 2 aromatic heterocycles. The van der Waals surface area contributed by atoms with Crippen molar-refractivity contribution < 1.29 is 19.1 Å². The van der Waals surface area contributed by atoms with Gasteiger partial charge in [-0.1, -0.05) is 65.8 Å². The van der Waals surface area contributed by atoms with E-state index >= 15 is 0 Å². The Bertz CT molecular complexity index is 1420. The number of nitrogens with zero attached hydrogens (tertiary/aromatic N) is 3. The molecule has 192 valence electrons. The number of thioether (sulfide) groups is 1. The molecular weight excluding hydrogens is 532 g/mol. The zero-order chi connectivity index (χ0) is 26.5. The summed E-state index contributed by atoms with van der Waals surface area (Å²) in [5.74, 6) is 0.440. The van der Waals surface area contributed by atoms with E-state index in [9.17, 15) is 9.59 Å². The molecule has 0 radical (unpaired) electrons. The van der Waals surface area contributed by atoms with Crippen LogP contribution in [0.1, 0.15) is 34.1 Å². The molecule has 4 rings (SSSR count). The standard InChI is InChI=1S/C26H25ClN4O4S2/c1-15(35-19-13-9-8-12-18(19)27)23-29-30-26(31(23)3)36-14-20(32)28-24-22(25(33)34-4)21(16(2)37-24)17-10-6-5-7-11-17/h5-13,15H,14H2,1-4H3,(H,28,32). The third kappa shape index (κ3) is 5.98. The maximum absolute atomic E-state index is 12.9. The maximum atomic E-state index is 12.9. The Kier molecular flexibility index (Phi) is 8.52. The smallest absolute Gasteiger partial charge is 0.341 e. The second-order valence-electron chi connectivity index (χ2n) is 8.02. The predicted molar refractivity (Wildman–Crippen MR) is 147 cm³/mol. The van der Waals surface area contributed by atoms with E-state index in [4.69, 9.17) is 21.1 Å². The summed E-state index contributed by atoms with van der Waals surface area (Å²) < 4.78 is 12.7. The van der Waals surface area contributed by atoms with E-state index in [1.165, 1.54) is 30.2 Å². The number of thiophene rings is 1. The molecular formula is C26H25ClN4O4S2. The van der Waals surface area contributed by atoms with Crippen molar-refractivity contribution in [3.63, 3.8) is 0 Å². The Hall–Kier alpha value is -3.34. The van der Waals surface area contributed by atoms with Crippen molar-refractivity contribution in [3.05, 3.63) is 75.9 Å². The average Bonchev–Trinajstić information content (AvgIpc) is 3.42. The van der Waals surface area contributed by atoms with Gasteiger partial charge in [0.15, 0.2) is 17.1 Å². The first-order valence-electron chi connectivity index (χ1n) is 11.3. The Labute approximate surface area is 228 Å². The second kappa shape index (κ2) is 11.8. The van der Waals surface area contributed by atoms with E-state index in [0.717, 1.165) is 16.0 Å². The minimum atomic E-state index is -0.503. The van der Waals surface area contributed by atoms with Crippen LogP contribution in [0.4, 0.5) is 5.00 Å². The van der Waals surface area contributed by atoms with Gasteiger partial charge in [-0.25, -0.2) is 4.79 Å². The molecule has 0 aliphatic heterocycles. The highest BCUT2D eigenvalue weighted by Crippen LogP contribution is 2.40. The van der Waals surface area contributed by atoms with Crippen LogP contribution in [0.3, 0.4) is 0 Å². The molecule has 1 N–H and O–H groups in total. The Morgan fingerprint density at radius 1 is 1.14 bits per heavy atom. The molecule has 4 aromatic rings. The van der Waals surface area contributed by atoms with Crippen molar-refractivity contribution in [1.82, 2.24) is 14.8 Å². The van der Waals surface area contributed by atoms with Gasteiger partial charge in [0.1, 0.15) is 16.3 Å². The minimum absolute atomic E-state index is 0.0734. The number of amides is 1. The van der Waals surface area contributed by atoms with Crippen LogP contribution >= 0.6 is 34.7 Å². The third-order valence-electron chi connectivity index (χ3n) is 5.49. The van der Waals surface area contributed by atoms with E-state index < -0.39 is 12.1 Å². The first-order chi connectivity index (χ1) is 17.8. The number of anilines is 1. The second-order valence-corrected chi connectivity index (χ2v) is 10.6. The summed E-state index contributed by atoms with van der Waals surface area (Å²) in [4.78, 5) is 26.4. The van der Waals surface area contributed by atoms with Gasteiger partial charge in [0.2, 0.25) is 5.91 Å². The number of ether oxygens (including phenoxy) is 2. The number of carbonyl (C=O) groups excluding carboxylic acids is 2. The Morgan fingerprint density at radius 3 is 2.54 bits per heavy atom. The normalized spacial score (nSPS) is 11.7. The van der Waals surface area contributed by atoms with E-state index in [0.29, 0.717) is 32.3 Å². The zero-order valence-electron chi connectivity index (χ0n) is 20.6. The number of nitrogens with one attached hydrogen (secondary N) is 1.